The molecule has 2 rings (SSSR count). The number of halogens is 3. The first-order valence-corrected chi connectivity index (χ1v) is 13.4. The Morgan fingerprint density at radius 1 is 1.00 bits per heavy atom. The highest BCUT2D eigenvalue weighted by Crippen LogP contribution is 2.23. The van der Waals surface area contributed by atoms with Crippen LogP contribution in [0.1, 0.15) is 63.9 Å². The predicted octanol–water partition coefficient (Wildman–Crippen LogP) is 2.52. The van der Waals surface area contributed by atoms with Crippen LogP contribution >= 0.6 is 0 Å². The van der Waals surface area contributed by atoms with Crippen molar-refractivity contribution in [2.75, 3.05) is 13.1 Å². The lowest BCUT2D eigenvalue weighted by Crippen LogP contribution is -2.55. The van der Waals surface area contributed by atoms with Crippen molar-refractivity contribution < 1.29 is 37.1 Å². The van der Waals surface area contributed by atoms with Crippen molar-refractivity contribution in [2.24, 2.45) is 11.7 Å². The highest BCUT2D eigenvalue weighted by molar-refractivity contribution is 5.94. The van der Waals surface area contributed by atoms with Gasteiger partial charge in [-0.3, -0.25) is 14.4 Å². The van der Waals surface area contributed by atoms with Gasteiger partial charge in [0.1, 0.15) is 12.1 Å². The van der Waals surface area contributed by atoms with Gasteiger partial charge in [-0.2, -0.15) is 13.2 Å². The number of carbonyl (C=O) groups excluding carboxylic acids is 4. The number of carbonyl (C=O) groups is 4. The van der Waals surface area contributed by atoms with Gasteiger partial charge in [-0.15, -0.1) is 0 Å². The van der Waals surface area contributed by atoms with Crippen LogP contribution in [0.5, 0.6) is 0 Å². The minimum absolute atomic E-state index is 0.161. The number of hydrogen-bond donors (Lipinski definition) is 4. The van der Waals surface area contributed by atoms with E-state index in [4.69, 9.17) is 10.5 Å². The fourth-order valence-electron chi connectivity index (χ4n) is 4.26. The van der Waals surface area contributed by atoms with Gasteiger partial charge >= 0.3 is 18.1 Å². The van der Waals surface area contributed by atoms with Gasteiger partial charge in [-0.05, 0) is 57.2 Å². The summed E-state index contributed by atoms with van der Waals surface area (Å²) < 4.78 is 43.4. The molecule has 39 heavy (non-hydrogen) atoms. The van der Waals surface area contributed by atoms with E-state index >= 15 is 0 Å². The van der Waals surface area contributed by atoms with Crippen molar-refractivity contribution >= 4 is 23.8 Å². The van der Waals surface area contributed by atoms with Crippen LogP contribution in [0.2, 0.25) is 0 Å². The van der Waals surface area contributed by atoms with E-state index in [1.165, 1.54) is 0 Å². The van der Waals surface area contributed by atoms with Crippen molar-refractivity contribution in [1.29, 1.82) is 0 Å². The van der Waals surface area contributed by atoms with Gasteiger partial charge in [0, 0.05) is 6.42 Å². The van der Waals surface area contributed by atoms with Crippen LogP contribution < -0.4 is 21.7 Å². The third kappa shape index (κ3) is 12.2. The maximum Gasteiger partial charge on any atom is 0.389 e. The summed E-state index contributed by atoms with van der Waals surface area (Å²) in [6, 6.07) is 5.30. The van der Waals surface area contributed by atoms with E-state index < -0.39 is 66.8 Å². The Morgan fingerprint density at radius 3 is 2.23 bits per heavy atom. The van der Waals surface area contributed by atoms with Gasteiger partial charge < -0.3 is 26.4 Å². The van der Waals surface area contributed by atoms with Gasteiger partial charge in [-0.1, -0.05) is 50.1 Å². The molecule has 12 heteroatoms. The molecule has 1 fully saturated rings. The second-order valence-electron chi connectivity index (χ2n) is 9.83. The maximum atomic E-state index is 13.1. The summed E-state index contributed by atoms with van der Waals surface area (Å²) >= 11 is 0. The lowest BCUT2D eigenvalue weighted by molar-refractivity contribution is -0.165. The van der Waals surface area contributed by atoms with Crippen LogP contribution in [0, 0.1) is 5.92 Å². The van der Waals surface area contributed by atoms with Crippen molar-refractivity contribution in [3.63, 3.8) is 0 Å². The van der Waals surface area contributed by atoms with Gasteiger partial charge in [0.05, 0.1) is 12.0 Å². The molecule has 0 bridgehead atoms. The number of esters is 2. The molecule has 2 amide bonds. The summed E-state index contributed by atoms with van der Waals surface area (Å²) in [6.45, 7) is 3.12. The smallest absolute Gasteiger partial charge is 0.389 e. The van der Waals surface area contributed by atoms with Gasteiger partial charge in [0.15, 0.2) is 0 Å². The fourth-order valence-corrected chi connectivity index (χ4v) is 4.26. The first kappa shape index (κ1) is 32.2. The summed E-state index contributed by atoms with van der Waals surface area (Å²) in [5.41, 5.74) is 6.77. The third-order valence-electron chi connectivity index (χ3n) is 6.54. The number of unbranched alkanes of at least 4 members (excludes halogenated alkanes) is 1. The van der Waals surface area contributed by atoms with Gasteiger partial charge in [0.25, 0.3) is 0 Å². The zero-order valence-electron chi connectivity index (χ0n) is 22.2. The number of nitrogens with one attached hydrogen (secondary N) is 3. The van der Waals surface area contributed by atoms with E-state index in [1.54, 1.807) is 30.3 Å². The standard InChI is InChI=1S/C27H39F3N4O5/c1-2-3-10-22(26(38)39-25(37)19-12-15-32-16-13-19)34-24(36)21(11-7-14-27(28,29)30)33-23(35)20(31)17-18-8-5-4-6-9-18/h4-6,8-9,19-22,32H,2-3,7,10-17,31H2,1H3,(H,33,35)(H,34,36)/t20-,21-,22?/m1/s1. The second-order valence-corrected chi connectivity index (χ2v) is 9.83. The Morgan fingerprint density at radius 2 is 1.62 bits per heavy atom. The Balaban J connectivity index is 2.08. The summed E-state index contributed by atoms with van der Waals surface area (Å²) in [5.74, 6) is -3.58. The molecule has 9 nitrogen and oxygen atoms in total. The molecular weight excluding hydrogens is 517 g/mol. The summed E-state index contributed by atoms with van der Waals surface area (Å²) in [6.07, 6.45) is -3.75. The Hall–Kier alpha value is -2.99. The van der Waals surface area contributed by atoms with E-state index in [-0.39, 0.29) is 19.3 Å². The van der Waals surface area contributed by atoms with Crippen LogP contribution in [0.15, 0.2) is 30.3 Å². The van der Waals surface area contributed by atoms with Crippen molar-refractivity contribution in [2.45, 2.75) is 89.0 Å². The number of rotatable bonds is 14. The zero-order valence-corrected chi connectivity index (χ0v) is 22.2. The van der Waals surface area contributed by atoms with E-state index in [2.05, 4.69) is 16.0 Å². The van der Waals surface area contributed by atoms with Crippen molar-refractivity contribution in [3.05, 3.63) is 35.9 Å². The fraction of sp³-hybridized carbons (Fsp3) is 0.630. The summed E-state index contributed by atoms with van der Waals surface area (Å²) in [7, 11) is 0. The molecule has 0 radical (unpaired) electrons. The minimum atomic E-state index is -4.43. The second kappa shape index (κ2) is 16.2. The molecule has 3 atom stereocenters. The number of nitrogens with two attached hydrogens (primary N) is 1. The highest BCUT2D eigenvalue weighted by Gasteiger charge is 2.33. The van der Waals surface area contributed by atoms with Crippen LogP contribution in [0.3, 0.4) is 0 Å². The van der Waals surface area contributed by atoms with E-state index in [9.17, 15) is 32.3 Å². The number of hydrogen-bond acceptors (Lipinski definition) is 7. The first-order chi connectivity index (χ1) is 18.5. The predicted molar refractivity (Wildman–Crippen MR) is 138 cm³/mol. The normalized spacial score (nSPS) is 16.5. The molecule has 1 aliphatic heterocycles. The molecule has 1 aliphatic rings. The van der Waals surface area contributed by atoms with Crippen LogP contribution in [-0.4, -0.2) is 61.1 Å². The number of amides is 2. The minimum Gasteiger partial charge on any atom is -0.391 e. The molecule has 1 saturated heterocycles. The average Bonchev–Trinajstić information content (AvgIpc) is 2.90. The molecule has 1 heterocycles. The quantitative estimate of drug-likeness (QED) is 0.204. The monoisotopic (exact) mass is 556 g/mol. The SMILES string of the molecule is CCCCC(NC(=O)[C@@H](CCCC(F)(F)F)NC(=O)[C@H](N)Cc1ccccc1)C(=O)OC(=O)C1CCNCC1. The zero-order chi connectivity index (χ0) is 28.8. The van der Waals surface area contributed by atoms with Crippen LogP contribution in [0.25, 0.3) is 0 Å². The van der Waals surface area contributed by atoms with Crippen molar-refractivity contribution in [3.8, 4) is 0 Å². The molecule has 1 unspecified atom stereocenters. The topological polar surface area (TPSA) is 140 Å². The molecule has 0 saturated carbocycles. The molecular formula is C27H39F3N4O5. The molecule has 1 aromatic rings. The molecule has 5 N–H and O–H groups in total. The average molecular weight is 557 g/mol. The van der Waals surface area contributed by atoms with Crippen LogP contribution in [0.4, 0.5) is 13.2 Å². The Bertz CT molecular complexity index is 939. The first-order valence-electron chi connectivity index (χ1n) is 13.4. The Kier molecular flexibility index (Phi) is 13.4. The lowest BCUT2D eigenvalue weighted by atomic mass is 9.98. The maximum absolute atomic E-state index is 13.1. The molecule has 0 aromatic heterocycles. The van der Waals surface area contributed by atoms with E-state index in [0.29, 0.717) is 38.8 Å². The number of alkyl halides is 3. The number of benzene rings is 1. The van der Waals surface area contributed by atoms with Gasteiger partial charge in [-0.25, -0.2) is 4.79 Å². The largest absolute Gasteiger partial charge is 0.391 e. The number of ether oxygens (including phenoxy) is 1. The van der Waals surface area contributed by atoms with Gasteiger partial charge in [0.2, 0.25) is 11.8 Å². The molecule has 1 aromatic carbocycles. The highest BCUT2D eigenvalue weighted by atomic mass is 19.4. The van der Waals surface area contributed by atoms with E-state index in [1.807, 2.05) is 6.92 Å². The number of piperidine rings is 1. The third-order valence-corrected chi connectivity index (χ3v) is 6.54. The van der Waals surface area contributed by atoms with E-state index in [0.717, 1.165) is 5.56 Å². The molecule has 218 valence electrons. The molecule has 0 spiro atoms. The van der Waals surface area contributed by atoms with Crippen molar-refractivity contribution in [1.82, 2.24) is 16.0 Å². The summed E-state index contributed by atoms with van der Waals surface area (Å²) in [4.78, 5) is 51.1. The lowest BCUT2D eigenvalue weighted by Gasteiger charge is -2.25. The summed E-state index contributed by atoms with van der Waals surface area (Å²) in [5, 5.41) is 8.04. The Labute approximate surface area is 226 Å². The molecule has 0 aliphatic carbocycles. The van der Waals surface area contributed by atoms with Crippen LogP contribution in [-0.2, 0) is 30.3 Å².